The Balaban J connectivity index is 3.03. The minimum Gasteiger partial charge on any atom is -0.460 e. The molecule has 160 valence electrons. The summed E-state index contributed by atoms with van der Waals surface area (Å²) in [6.07, 6.45) is 8.30. The van der Waals surface area contributed by atoms with Gasteiger partial charge in [-0.2, -0.15) is 0 Å². The summed E-state index contributed by atoms with van der Waals surface area (Å²) in [5.74, 6) is -0.971. The van der Waals surface area contributed by atoms with E-state index < -0.39 is 16.9 Å². The Kier molecular flexibility index (Phi) is 11.2. The second kappa shape index (κ2) is 12.5. The second-order valence-electron chi connectivity index (χ2n) is 7.26. The van der Waals surface area contributed by atoms with E-state index in [0.717, 1.165) is 12.8 Å². The predicted molar refractivity (Wildman–Crippen MR) is 111 cm³/mol. The summed E-state index contributed by atoms with van der Waals surface area (Å²) in [5.41, 5.74) is 0. The molecule has 1 aliphatic heterocycles. The molecule has 7 heteroatoms. The van der Waals surface area contributed by atoms with E-state index in [9.17, 15) is 9.59 Å². The zero-order valence-corrected chi connectivity index (χ0v) is 18.8. The van der Waals surface area contributed by atoms with Crippen LogP contribution in [-0.4, -0.2) is 42.2 Å². The van der Waals surface area contributed by atoms with Gasteiger partial charge in [-0.05, 0) is 25.7 Å². The third-order valence-corrected chi connectivity index (χ3v) is 5.64. The summed E-state index contributed by atoms with van der Waals surface area (Å²) in [7, 11) is 1.65. The molecule has 0 bridgehead atoms. The molecule has 1 heterocycles. The topological polar surface area (TPSA) is 61.8 Å². The van der Waals surface area contributed by atoms with Crippen LogP contribution >= 0.6 is 23.2 Å². The van der Waals surface area contributed by atoms with Gasteiger partial charge >= 0.3 is 11.9 Å². The highest BCUT2D eigenvalue weighted by atomic mass is 35.5. The molecule has 1 rings (SSSR count). The predicted octanol–water partition coefficient (Wildman–Crippen LogP) is 4.85. The van der Waals surface area contributed by atoms with Crippen LogP contribution < -0.4 is 0 Å². The molecule has 6 atom stereocenters. The number of hydrogen-bond acceptors (Lipinski definition) is 5. The number of allylic oxidation sites excluding steroid dienone is 2. The van der Waals surface area contributed by atoms with Gasteiger partial charge in [-0.15, -0.1) is 0 Å². The molecule has 0 aromatic carbocycles. The molecule has 0 N–H and O–H groups in total. The minimum atomic E-state index is -1.27. The number of rotatable bonds is 11. The van der Waals surface area contributed by atoms with Crippen LogP contribution in [-0.2, 0) is 23.8 Å². The zero-order chi connectivity index (χ0) is 21.3. The maximum Gasteiger partial charge on any atom is 0.339 e. The van der Waals surface area contributed by atoms with E-state index in [-0.39, 0.29) is 35.9 Å². The maximum absolute atomic E-state index is 12.1. The monoisotopic (exact) mass is 434 g/mol. The standard InChI is InChI=1S/C21H32Cl2O5/c1-6-8-9-13(3)19(26-5)14(4)16(28-21(25)20(22)23)12-17-15(7-2)10-11-18(24)27-17/h6,8,10-11,13-17,19-20H,7,9,12H2,1-5H3/b8-6+/t13-,14-,15+,16+,17+,19+/m0/s1. The molecule has 0 aromatic rings. The first-order valence-electron chi connectivity index (χ1n) is 9.76. The molecule has 0 radical (unpaired) electrons. The van der Waals surface area contributed by atoms with Crippen LogP contribution in [0, 0.1) is 17.8 Å². The fraction of sp³-hybridized carbons (Fsp3) is 0.714. The van der Waals surface area contributed by atoms with E-state index in [2.05, 4.69) is 13.0 Å². The molecule has 0 fully saturated rings. The van der Waals surface area contributed by atoms with Gasteiger partial charge in [0.25, 0.3) is 0 Å². The molecule has 0 aliphatic carbocycles. The average Bonchev–Trinajstić information content (AvgIpc) is 2.66. The molecular weight excluding hydrogens is 403 g/mol. The highest BCUT2D eigenvalue weighted by Gasteiger charge is 2.37. The van der Waals surface area contributed by atoms with Gasteiger partial charge in [-0.1, -0.05) is 62.2 Å². The van der Waals surface area contributed by atoms with Crippen molar-refractivity contribution in [3.8, 4) is 0 Å². The molecule has 28 heavy (non-hydrogen) atoms. The van der Waals surface area contributed by atoms with Gasteiger partial charge in [-0.3, -0.25) is 0 Å². The Morgan fingerprint density at radius 2 is 2.04 bits per heavy atom. The van der Waals surface area contributed by atoms with Gasteiger partial charge in [0.15, 0.2) is 0 Å². The van der Waals surface area contributed by atoms with Crippen LogP contribution in [0.25, 0.3) is 0 Å². The van der Waals surface area contributed by atoms with Crippen molar-refractivity contribution in [2.24, 2.45) is 17.8 Å². The zero-order valence-electron chi connectivity index (χ0n) is 17.3. The minimum absolute atomic E-state index is 0.0651. The molecule has 0 spiro atoms. The Labute approximate surface area is 178 Å². The van der Waals surface area contributed by atoms with E-state index in [1.807, 2.05) is 32.9 Å². The lowest BCUT2D eigenvalue weighted by Crippen LogP contribution is -2.42. The first-order valence-corrected chi connectivity index (χ1v) is 10.6. The first-order chi connectivity index (χ1) is 13.2. The van der Waals surface area contributed by atoms with Gasteiger partial charge in [0.05, 0.1) is 6.10 Å². The molecule has 0 aromatic heterocycles. The van der Waals surface area contributed by atoms with Crippen molar-refractivity contribution in [3.63, 3.8) is 0 Å². The lowest BCUT2D eigenvalue weighted by molar-refractivity contribution is -0.160. The lowest BCUT2D eigenvalue weighted by atomic mass is 9.83. The van der Waals surface area contributed by atoms with Crippen LogP contribution in [0.5, 0.6) is 0 Å². The van der Waals surface area contributed by atoms with E-state index in [1.165, 1.54) is 6.08 Å². The summed E-state index contributed by atoms with van der Waals surface area (Å²) in [5, 5.41) is 0. The number of alkyl halides is 2. The Morgan fingerprint density at radius 1 is 1.36 bits per heavy atom. The lowest BCUT2D eigenvalue weighted by Gasteiger charge is -2.36. The molecule has 0 unspecified atom stereocenters. The van der Waals surface area contributed by atoms with Crippen molar-refractivity contribution in [1.29, 1.82) is 0 Å². The third kappa shape index (κ3) is 7.41. The Morgan fingerprint density at radius 3 is 2.57 bits per heavy atom. The van der Waals surface area contributed by atoms with E-state index in [4.69, 9.17) is 37.4 Å². The highest BCUT2D eigenvalue weighted by molar-refractivity contribution is 6.52. The Hall–Kier alpha value is -1.04. The van der Waals surface area contributed by atoms with E-state index in [0.29, 0.717) is 6.42 Å². The van der Waals surface area contributed by atoms with E-state index >= 15 is 0 Å². The van der Waals surface area contributed by atoms with Crippen LogP contribution in [0.4, 0.5) is 0 Å². The van der Waals surface area contributed by atoms with Crippen molar-refractivity contribution < 1.29 is 23.8 Å². The fourth-order valence-corrected chi connectivity index (χ4v) is 3.79. The number of carbonyl (C=O) groups excluding carboxylic acids is 2. The van der Waals surface area contributed by atoms with Crippen molar-refractivity contribution in [3.05, 3.63) is 24.3 Å². The van der Waals surface area contributed by atoms with Crippen molar-refractivity contribution >= 4 is 35.1 Å². The third-order valence-electron chi connectivity index (χ3n) is 5.29. The average molecular weight is 435 g/mol. The number of cyclic esters (lactones) is 1. The number of hydrogen-bond donors (Lipinski definition) is 0. The summed E-state index contributed by atoms with van der Waals surface area (Å²) >= 11 is 11.4. The summed E-state index contributed by atoms with van der Waals surface area (Å²) in [4.78, 5) is 22.6. The van der Waals surface area contributed by atoms with Crippen molar-refractivity contribution in [1.82, 2.24) is 0 Å². The Bertz CT molecular complexity index is 561. The molecule has 0 saturated carbocycles. The molecule has 5 nitrogen and oxygen atoms in total. The number of esters is 2. The smallest absolute Gasteiger partial charge is 0.339 e. The molecule has 0 amide bonds. The molecular formula is C21H32Cl2O5. The normalized spacial score (nSPS) is 24.1. The SMILES string of the molecule is C/C=C/C[C@H](C)[C@@H](OC)[C@@H](C)[C@@H](C[C@H]1OC(=O)C=C[C@H]1CC)OC(=O)C(Cl)Cl. The summed E-state index contributed by atoms with van der Waals surface area (Å²) in [6, 6.07) is 0. The number of carbonyl (C=O) groups is 2. The van der Waals surface area contributed by atoms with Gasteiger partial charge in [-0.25, -0.2) is 9.59 Å². The summed E-state index contributed by atoms with van der Waals surface area (Å²) < 4.78 is 16.9. The number of methoxy groups -OCH3 is 1. The fourth-order valence-electron chi connectivity index (χ4n) is 3.69. The highest BCUT2D eigenvalue weighted by Crippen LogP contribution is 2.31. The summed E-state index contributed by atoms with van der Waals surface area (Å²) in [6.45, 7) is 8.06. The number of halogens is 2. The van der Waals surface area contributed by atoms with Crippen LogP contribution in [0.1, 0.15) is 47.0 Å². The van der Waals surface area contributed by atoms with Crippen LogP contribution in [0.3, 0.4) is 0 Å². The van der Waals surface area contributed by atoms with E-state index in [1.54, 1.807) is 7.11 Å². The molecule has 0 saturated heterocycles. The first kappa shape index (κ1) is 25.0. The van der Waals surface area contributed by atoms with Crippen LogP contribution in [0.15, 0.2) is 24.3 Å². The molecule has 1 aliphatic rings. The quantitative estimate of drug-likeness (QED) is 0.264. The van der Waals surface area contributed by atoms with Crippen LogP contribution in [0.2, 0.25) is 0 Å². The van der Waals surface area contributed by atoms with Gasteiger partial charge in [0, 0.05) is 31.4 Å². The number of ether oxygens (including phenoxy) is 3. The van der Waals surface area contributed by atoms with Gasteiger partial charge in [0.2, 0.25) is 4.84 Å². The second-order valence-corrected chi connectivity index (χ2v) is 8.36. The largest absolute Gasteiger partial charge is 0.460 e. The van der Waals surface area contributed by atoms with Crippen molar-refractivity contribution in [2.45, 2.75) is 70.1 Å². The van der Waals surface area contributed by atoms with Gasteiger partial charge < -0.3 is 14.2 Å². The maximum atomic E-state index is 12.1. The van der Waals surface area contributed by atoms with Crippen molar-refractivity contribution in [2.75, 3.05) is 7.11 Å². The van der Waals surface area contributed by atoms with Gasteiger partial charge in [0.1, 0.15) is 12.2 Å².